The minimum Gasteiger partial charge on any atom is -0.316 e. The molecule has 0 aliphatic rings. The third kappa shape index (κ3) is 4.43. The highest BCUT2D eigenvalue weighted by molar-refractivity contribution is 5.24. The molecule has 0 saturated heterocycles. The molecule has 0 heterocycles. The fraction of sp³-hybridized carbons (Fsp3) is 0.538. The van der Waals surface area contributed by atoms with Crippen LogP contribution in [0.3, 0.4) is 0 Å². The molecule has 1 aromatic rings. The average Bonchev–Trinajstić information content (AvgIpc) is 2.18. The number of aryl methyl sites for hydroxylation is 1. The summed E-state index contributed by atoms with van der Waals surface area (Å²) in [4.78, 5) is 0. The predicted octanol–water partition coefficient (Wildman–Crippen LogP) is 2.92. The Labute approximate surface area is 91.7 Å². The lowest BCUT2D eigenvalue weighted by atomic mass is 10.1. The van der Waals surface area contributed by atoms with E-state index in [0.717, 1.165) is 25.1 Å². The zero-order chi connectivity index (χ0) is 11.3. The van der Waals surface area contributed by atoms with Crippen LogP contribution in [-0.4, -0.2) is 13.1 Å². The molecule has 0 radical (unpaired) electrons. The first kappa shape index (κ1) is 12.2. The molecule has 1 N–H and O–H groups in total. The van der Waals surface area contributed by atoms with Crippen LogP contribution in [0.1, 0.15) is 25.0 Å². The standard InChI is InChI=1S/C13H20FN/c1-10(2)9-15-7-6-12-4-5-13(14)11(3)8-12/h4-5,8,10,15H,6-7,9H2,1-3H3. The van der Waals surface area contributed by atoms with Crippen molar-refractivity contribution in [2.24, 2.45) is 5.92 Å². The van der Waals surface area contributed by atoms with Crippen molar-refractivity contribution in [1.29, 1.82) is 0 Å². The third-order valence-corrected chi connectivity index (χ3v) is 2.37. The smallest absolute Gasteiger partial charge is 0.126 e. The summed E-state index contributed by atoms with van der Waals surface area (Å²) in [5.41, 5.74) is 1.93. The van der Waals surface area contributed by atoms with Crippen LogP contribution < -0.4 is 5.32 Å². The van der Waals surface area contributed by atoms with Crippen molar-refractivity contribution < 1.29 is 4.39 Å². The molecule has 15 heavy (non-hydrogen) atoms. The second-order valence-electron chi connectivity index (χ2n) is 4.43. The van der Waals surface area contributed by atoms with Crippen molar-refractivity contribution >= 4 is 0 Å². The van der Waals surface area contributed by atoms with E-state index in [4.69, 9.17) is 0 Å². The molecule has 0 spiro atoms. The monoisotopic (exact) mass is 209 g/mol. The largest absolute Gasteiger partial charge is 0.316 e. The lowest BCUT2D eigenvalue weighted by molar-refractivity contribution is 0.554. The molecule has 0 atom stereocenters. The van der Waals surface area contributed by atoms with Gasteiger partial charge >= 0.3 is 0 Å². The van der Waals surface area contributed by atoms with E-state index in [-0.39, 0.29) is 5.82 Å². The van der Waals surface area contributed by atoms with E-state index in [2.05, 4.69) is 19.2 Å². The molecule has 0 bridgehead atoms. The zero-order valence-corrected chi connectivity index (χ0v) is 9.81. The summed E-state index contributed by atoms with van der Waals surface area (Å²) < 4.78 is 13.0. The number of rotatable bonds is 5. The van der Waals surface area contributed by atoms with Gasteiger partial charge in [-0.05, 0) is 49.5 Å². The van der Waals surface area contributed by atoms with Gasteiger partial charge in [0, 0.05) is 0 Å². The molecule has 0 unspecified atom stereocenters. The number of hydrogen-bond acceptors (Lipinski definition) is 1. The average molecular weight is 209 g/mol. The van der Waals surface area contributed by atoms with Crippen LogP contribution in [0.4, 0.5) is 4.39 Å². The Balaban J connectivity index is 2.35. The first-order chi connectivity index (χ1) is 7.09. The number of halogens is 1. The van der Waals surface area contributed by atoms with Gasteiger partial charge in [-0.15, -0.1) is 0 Å². The Morgan fingerprint density at radius 1 is 1.33 bits per heavy atom. The molecule has 0 aliphatic heterocycles. The van der Waals surface area contributed by atoms with Gasteiger partial charge < -0.3 is 5.32 Å². The van der Waals surface area contributed by atoms with Crippen molar-refractivity contribution in [3.05, 3.63) is 35.1 Å². The van der Waals surface area contributed by atoms with Crippen molar-refractivity contribution in [3.63, 3.8) is 0 Å². The van der Waals surface area contributed by atoms with E-state index in [1.807, 2.05) is 12.1 Å². The molecular formula is C13H20FN. The van der Waals surface area contributed by atoms with Crippen LogP contribution in [-0.2, 0) is 6.42 Å². The number of hydrogen-bond donors (Lipinski definition) is 1. The summed E-state index contributed by atoms with van der Waals surface area (Å²) in [5, 5.41) is 3.37. The van der Waals surface area contributed by atoms with Gasteiger partial charge in [0.2, 0.25) is 0 Å². The summed E-state index contributed by atoms with van der Waals surface area (Å²) in [6, 6.07) is 5.33. The minimum absolute atomic E-state index is 0.117. The van der Waals surface area contributed by atoms with Gasteiger partial charge in [0.05, 0.1) is 0 Å². The Hall–Kier alpha value is -0.890. The topological polar surface area (TPSA) is 12.0 Å². The maximum atomic E-state index is 13.0. The summed E-state index contributed by atoms with van der Waals surface area (Å²) in [6.45, 7) is 8.19. The van der Waals surface area contributed by atoms with E-state index < -0.39 is 0 Å². The number of benzene rings is 1. The van der Waals surface area contributed by atoms with Gasteiger partial charge in [-0.1, -0.05) is 26.0 Å². The molecule has 1 rings (SSSR count). The Bertz CT molecular complexity index is 307. The summed E-state index contributed by atoms with van der Waals surface area (Å²) >= 11 is 0. The maximum absolute atomic E-state index is 13.0. The second kappa shape index (κ2) is 5.86. The van der Waals surface area contributed by atoms with Gasteiger partial charge in [0.25, 0.3) is 0 Å². The van der Waals surface area contributed by atoms with Crippen LogP contribution in [0.5, 0.6) is 0 Å². The van der Waals surface area contributed by atoms with Crippen molar-refractivity contribution in [1.82, 2.24) is 5.32 Å². The molecule has 0 aromatic heterocycles. The zero-order valence-electron chi connectivity index (χ0n) is 9.81. The first-order valence-corrected chi connectivity index (χ1v) is 5.55. The molecule has 2 heteroatoms. The number of nitrogens with one attached hydrogen (secondary N) is 1. The van der Waals surface area contributed by atoms with Gasteiger partial charge in [-0.2, -0.15) is 0 Å². The second-order valence-corrected chi connectivity index (χ2v) is 4.43. The van der Waals surface area contributed by atoms with Crippen LogP contribution in [0.2, 0.25) is 0 Å². The molecule has 1 nitrogen and oxygen atoms in total. The van der Waals surface area contributed by atoms with Gasteiger partial charge in [-0.3, -0.25) is 0 Å². The fourth-order valence-electron chi connectivity index (χ4n) is 1.49. The highest BCUT2D eigenvalue weighted by Gasteiger charge is 1.99. The summed E-state index contributed by atoms with van der Waals surface area (Å²) in [6.07, 6.45) is 0.966. The summed E-state index contributed by atoms with van der Waals surface area (Å²) in [5.74, 6) is 0.564. The van der Waals surface area contributed by atoms with Gasteiger partial charge in [0.15, 0.2) is 0 Å². The Morgan fingerprint density at radius 3 is 2.67 bits per heavy atom. The maximum Gasteiger partial charge on any atom is 0.126 e. The molecule has 0 fully saturated rings. The predicted molar refractivity (Wildman–Crippen MR) is 62.5 cm³/mol. The Morgan fingerprint density at radius 2 is 2.07 bits per heavy atom. The van der Waals surface area contributed by atoms with Crippen LogP contribution in [0.25, 0.3) is 0 Å². The minimum atomic E-state index is -0.117. The first-order valence-electron chi connectivity index (χ1n) is 5.55. The van der Waals surface area contributed by atoms with Gasteiger partial charge in [0.1, 0.15) is 5.82 Å². The normalized spacial score (nSPS) is 11.0. The van der Waals surface area contributed by atoms with Crippen LogP contribution in [0, 0.1) is 18.7 Å². The molecule has 0 saturated carbocycles. The van der Waals surface area contributed by atoms with E-state index in [0.29, 0.717) is 5.92 Å². The van der Waals surface area contributed by atoms with Crippen LogP contribution >= 0.6 is 0 Å². The van der Waals surface area contributed by atoms with Crippen molar-refractivity contribution in [2.75, 3.05) is 13.1 Å². The highest BCUT2D eigenvalue weighted by Crippen LogP contribution is 2.09. The lowest BCUT2D eigenvalue weighted by Gasteiger charge is -2.07. The lowest BCUT2D eigenvalue weighted by Crippen LogP contribution is -2.22. The Kier molecular flexibility index (Phi) is 4.76. The summed E-state index contributed by atoms with van der Waals surface area (Å²) in [7, 11) is 0. The third-order valence-electron chi connectivity index (χ3n) is 2.37. The molecular weight excluding hydrogens is 189 g/mol. The van der Waals surface area contributed by atoms with Crippen LogP contribution in [0.15, 0.2) is 18.2 Å². The van der Waals surface area contributed by atoms with E-state index in [9.17, 15) is 4.39 Å². The highest BCUT2D eigenvalue weighted by atomic mass is 19.1. The van der Waals surface area contributed by atoms with Crippen molar-refractivity contribution in [3.8, 4) is 0 Å². The fourth-order valence-corrected chi connectivity index (χ4v) is 1.49. The van der Waals surface area contributed by atoms with Crippen molar-refractivity contribution in [2.45, 2.75) is 27.2 Å². The molecule has 0 amide bonds. The molecule has 84 valence electrons. The SMILES string of the molecule is Cc1cc(CCNCC(C)C)ccc1F. The van der Waals surface area contributed by atoms with E-state index in [1.54, 1.807) is 13.0 Å². The molecule has 1 aromatic carbocycles. The quantitative estimate of drug-likeness (QED) is 0.735. The molecule has 0 aliphatic carbocycles. The van der Waals surface area contributed by atoms with E-state index in [1.165, 1.54) is 5.56 Å². The van der Waals surface area contributed by atoms with E-state index >= 15 is 0 Å². The van der Waals surface area contributed by atoms with Gasteiger partial charge in [-0.25, -0.2) is 4.39 Å².